The molecule has 1 aromatic heterocycles. The molecule has 0 spiro atoms. The highest BCUT2D eigenvalue weighted by molar-refractivity contribution is 6.33. The van der Waals surface area contributed by atoms with Crippen LogP contribution in [0.15, 0.2) is 67.0 Å². The van der Waals surface area contributed by atoms with E-state index in [0.717, 1.165) is 37.9 Å². The Bertz CT molecular complexity index is 1310. The van der Waals surface area contributed by atoms with Gasteiger partial charge in [-0.05, 0) is 66.8 Å². The lowest BCUT2D eigenvalue weighted by molar-refractivity contribution is 0.0518. The molecular weight excluding hydrogens is 484 g/mol. The predicted molar refractivity (Wildman–Crippen MR) is 147 cm³/mol. The maximum atomic E-state index is 13.7. The van der Waals surface area contributed by atoms with Crippen LogP contribution < -0.4 is 10.2 Å². The number of aromatic nitrogens is 1. The molecule has 37 heavy (non-hydrogen) atoms. The van der Waals surface area contributed by atoms with E-state index < -0.39 is 0 Å². The maximum Gasteiger partial charge on any atom is 0.253 e. The summed E-state index contributed by atoms with van der Waals surface area (Å²) in [5.41, 5.74) is 4.39. The summed E-state index contributed by atoms with van der Waals surface area (Å²) in [6.45, 7) is 6.21. The second-order valence-electron chi connectivity index (χ2n) is 10.8. The average molecular weight is 517 g/mol. The fourth-order valence-corrected chi connectivity index (χ4v) is 6.17. The van der Waals surface area contributed by atoms with E-state index in [9.17, 15) is 9.59 Å². The van der Waals surface area contributed by atoms with Gasteiger partial charge in [0.05, 0.1) is 16.6 Å². The quantitative estimate of drug-likeness (QED) is 0.484. The number of rotatable bonds is 5. The molecule has 1 saturated heterocycles. The van der Waals surface area contributed by atoms with Crippen molar-refractivity contribution < 1.29 is 9.59 Å². The number of benzene rings is 2. The molecule has 1 aliphatic carbocycles. The Morgan fingerprint density at radius 3 is 2.57 bits per heavy atom. The molecule has 2 aromatic carbocycles. The summed E-state index contributed by atoms with van der Waals surface area (Å²) in [6, 6.07) is 17.0. The molecular formula is C30H33ClN4O2. The first-order valence-electron chi connectivity index (χ1n) is 12.8. The third kappa shape index (κ3) is 5.08. The molecule has 6 nitrogen and oxygen atoms in total. The minimum absolute atomic E-state index is 0.0151. The molecule has 2 amide bonds. The number of nitrogens with zero attached hydrogens (tertiary/aromatic N) is 3. The SMILES string of the molecule is CN(C(=O)c1ccc2c(c1)[C@H](NC(=O)c1ccccc1Cl)CC2)C1CCN(c2ccncc2)CC1(C)C. The van der Waals surface area contributed by atoms with Crippen LogP contribution in [0.25, 0.3) is 0 Å². The van der Waals surface area contributed by atoms with Crippen LogP contribution in [0.3, 0.4) is 0 Å². The van der Waals surface area contributed by atoms with E-state index in [2.05, 4.69) is 29.0 Å². The Morgan fingerprint density at radius 2 is 1.84 bits per heavy atom. The minimum atomic E-state index is -0.194. The molecule has 192 valence electrons. The van der Waals surface area contributed by atoms with Gasteiger partial charge in [0.15, 0.2) is 0 Å². The molecule has 0 radical (unpaired) electrons. The van der Waals surface area contributed by atoms with Crippen LogP contribution in [0.4, 0.5) is 5.69 Å². The summed E-state index contributed by atoms with van der Waals surface area (Å²) in [5.74, 6) is -0.179. The zero-order chi connectivity index (χ0) is 26.2. The Morgan fingerprint density at radius 1 is 1.08 bits per heavy atom. The zero-order valence-electron chi connectivity index (χ0n) is 21.6. The summed E-state index contributed by atoms with van der Waals surface area (Å²) in [4.78, 5) is 35.0. The highest BCUT2D eigenvalue weighted by Crippen LogP contribution is 2.36. The lowest BCUT2D eigenvalue weighted by Gasteiger charge is -2.48. The van der Waals surface area contributed by atoms with Crippen LogP contribution in [0.1, 0.15) is 64.6 Å². The Hall–Kier alpha value is -3.38. The van der Waals surface area contributed by atoms with Crippen molar-refractivity contribution in [1.82, 2.24) is 15.2 Å². The number of halogens is 1. The standard InChI is InChI=1S/C30H33ClN4O2/c1-30(2)19-35(22-12-15-32-16-13-22)17-14-27(30)34(3)29(37)21-9-8-20-10-11-26(24(20)18-21)33-28(36)23-6-4-5-7-25(23)31/h4-9,12-13,15-16,18,26-27H,10-11,14,17,19H2,1-3H3,(H,33,36)/t26-,27?/m1/s1. The number of amides is 2. The summed E-state index contributed by atoms with van der Waals surface area (Å²) in [6.07, 6.45) is 6.20. The largest absolute Gasteiger partial charge is 0.371 e. The second kappa shape index (κ2) is 10.2. The fourth-order valence-electron chi connectivity index (χ4n) is 5.95. The van der Waals surface area contributed by atoms with Crippen molar-refractivity contribution in [3.8, 4) is 0 Å². The third-order valence-corrected chi connectivity index (χ3v) is 8.21. The van der Waals surface area contributed by atoms with E-state index in [-0.39, 0.29) is 29.3 Å². The van der Waals surface area contributed by atoms with Crippen LogP contribution in [0.2, 0.25) is 5.02 Å². The Kier molecular flexibility index (Phi) is 6.95. The highest BCUT2D eigenvalue weighted by atomic mass is 35.5. The Labute approximate surface area is 223 Å². The van der Waals surface area contributed by atoms with Gasteiger partial charge in [-0.1, -0.05) is 43.6 Å². The van der Waals surface area contributed by atoms with Crippen molar-refractivity contribution in [2.24, 2.45) is 5.41 Å². The van der Waals surface area contributed by atoms with Crippen molar-refractivity contribution in [2.75, 3.05) is 25.0 Å². The summed E-state index contributed by atoms with van der Waals surface area (Å²) >= 11 is 6.23. The number of piperidine rings is 1. The molecule has 0 saturated carbocycles. The van der Waals surface area contributed by atoms with Crippen LogP contribution >= 0.6 is 11.6 Å². The Balaban J connectivity index is 1.31. The maximum absolute atomic E-state index is 13.7. The van der Waals surface area contributed by atoms with Gasteiger partial charge < -0.3 is 15.1 Å². The van der Waals surface area contributed by atoms with Gasteiger partial charge in [-0.15, -0.1) is 0 Å². The van der Waals surface area contributed by atoms with Gasteiger partial charge in [0.2, 0.25) is 0 Å². The molecule has 0 bridgehead atoms. The lowest BCUT2D eigenvalue weighted by atomic mass is 9.78. The second-order valence-corrected chi connectivity index (χ2v) is 11.2. The number of hydrogen-bond acceptors (Lipinski definition) is 4. The molecule has 2 atom stereocenters. The van der Waals surface area contributed by atoms with Crippen molar-refractivity contribution in [3.05, 3.63) is 94.3 Å². The number of fused-ring (bicyclic) bond motifs is 1. The van der Waals surface area contributed by atoms with Crippen molar-refractivity contribution in [3.63, 3.8) is 0 Å². The van der Waals surface area contributed by atoms with E-state index in [1.54, 1.807) is 18.2 Å². The number of nitrogens with one attached hydrogen (secondary N) is 1. The topological polar surface area (TPSA) is 65.5 Å². The van der Waals surface area contributed by atoms with Gasteiger partial charge in [-0.25, -0.2) is 0 Å². The van der Waals surface area contributed by atoms with E-state index in [0.29, 0.717) is 16.1 Å². The number of pyridine rings is 1. The van der Waals surface area contributed by atoms with Gasteiger partial charge in [0.25, 0.3) is 11.8 Å². The molecule has 2 heterocycles. The van der Waals surface area contributed by atoms with E-state index in [4.69, 9.17) is 11.6 Å². The van der Waals surface area contributed by atoms with Crippen molar-refractivity contribution in [1.29, 1.82) is 0 Å². The number of carbonyl (C=O) groups is 2. The first-order valence-corrected chi connectivity index (χ1v) is 13.2. The number of hydrogen-bond donors (Lipinski definition) is 1. The summed E-state index contributed by atoms with van der Waals surface area (Å²) in [5, 5.41) is 3.56. The average Bonchev–Trinajstić information content (AvgIpc) is 3.29. The first kappa shape index (κ1) is 25.3. The monoisotopic (exact) mass is 516 g/mol. The molecule has 2 aliphatic rings. The van der Waals surface area contributed by atoms with E-state index >= 15 is 0 Å². The first-order chi connectivity index (χ1) is 17.7. The van der Waals surface area contributed by atoms with Gasteiger partial charge in [-0.3, -0.25) is 14.6 Å². The molecule has 1 unspecified atom stereocenters. The van der Waals surface area contributed by atoms with E-state index in [1.807, 2.05) is 60.7 Å². The predicted octanol–water partition coefficient (Wildman–Crippen LogP) is 5.53. The highest BCUT2D eigenvalue weighted by Gasteiger charge is 2.40. The number of carbonyl (C=O) groups excluding carboxylic acids is 2. The van der Waals surface area contributed by atoms with Crippen LogP contribution in [0, 0.1) is 5.41 Å². The van der Waals surface area contributed by atoms with Crippen LogP contribution in [-0.4, -0.2) is 47.9 Å². The molecule has 7 heteroatoms. The fraction of sp³-hybridized carbons (Fsp3) is 0.367. The lowest BCUT2D eigenvalue weighted by Crippen LogP contribution is -2.56. The minimum Gasteiger partial charge on any atom is -0.371 e. The summed E-state index contributed by atoms with van der Waals surface area (Å²) < 4.78 is 0. The zero-order valence-corrected chi connectivity index (χ0v) is 22.3. The summed E-state index contributed by atoms with van der Waals surface area (Å²) in [7, 11) is 1.92. The number of anilines is 1. The van der Waals surface area contributed by atoms with Gasteiger partial charge in [0.1, 0.15) is 0 Å². The third-order valence-electron chi connectivity index (χ3n) is 7.88. The van der Waals surface area contributed by atoms with Crippen molar-refractivity contribution in [2.45, 2.75) is 45.2 Å². The molecule has 1 N–H and O–H groups in total. The van der Waals surface area contributed by atoms with Gasteiger partial charge in [-0.2, -0.15) is 0 Å². The molecule has 5 rings (SSSR count). The molecule has 3 aromatic rings. The molecule has 1 fully saturated rings. The van der Waals surface area contributed by atoms with Crippen LogP contribution in [0.5, 0.6) is 0 Å². The van der Waals surface area contributed by atoms with Crippen LogP contribution in [-0.2, 0) is 6.42 Å². The normalized spacial score (nSPS) is 20.3. The van der Waals surface area contributed by atoms with Crippen molar-refractivity contribution >= 4 is 29.1 Å². The van der Waals surface area contributed by atoms with Gasteiger partial charge in [0, 0.05) is 55.2 Å². The molecule has 1 aliphatic heterocycles. The van der Waals surface area contributed by atoms with Gasteiger partial charge >= 0.3 is 0 Å². The van der Waals surface area contributed by atoms with E-state index in [1.165, 1.54) is 11.3 Å². The smallest absolute Gasteiger partial charge is 0.253 e. The number of aryl methyl sites for hydroxylation is 1.